The summed E-state index contributed by atoms with van der Waals surface area (Å²) in [6.07, 6.45) is 1.94. The first-order valence-corrected chi connectivity index (χ1v) is 9.17. The molecule has 2 heterocycles. The lowest BCUT2D eigenvalue weighted by atomic mass is 10.2. The van der Waals surface area contributed by atoms with Crippen LogP contribution in [0.15, 0.2) is 54.7 Å². The van der Waals surface area contributed by atoms with E-state index in [2.05, 4.69) is 15.3 Å². The molecule has 4 rings (SSSR count). The second kappa shape index (κ2) is 8.15. The van der Waals surface area contributed by atoms with Crippen LogP contribution in [0.1, 0.15) is 5.56 Å². The Morgan fingerprint density at radius 3 is 2.76 bits per heavy atom. The highest BCUT2D eigenvalue weighted by Gasteiger charge is 2.31. The quantitative estimate of drug-likeness (QED) is 0.471. The van der Waals surface area contributed by atoms with Crippen molar-refractivity contribution in [3.05, 3.63) is 60.3 Å². The third kappa shape index (κ3) is 4.12. The van der Waals surface area contributed by atoms with Gasteiger partial charge in [0, 0.05) is 30.2 Å². The fourth-order valence-corrected chi connectivity index (χ4v) is 3.07. The van der Waals surface area contributed by atoms with Gasteiger partial charge in [-0.25, -0.2) is 4.98 Å². The number of nitrogens with zero attached hydrogens (tertiary/aromatic N) is 3. The first-order chi connectivity index (χ1) is 14.1. The van der Waals surface area contributed by atoms with Crippen molar-refractivity contribution in [2.75, 3.05) is 36.3 Å². The van der Waals surface area contributed by atoms with Gasteiger partial charge in [0.1, 0.15) is 18.2 Å². The number of hydrogen-bond acceptors (Lipinski definition) is 7. The molecule has 148 valence electrons. The lowest BCUT2D eigenvalue weighted by molar-refractivity contribution is -0.116. The van der Waals surface area contributed by atoms with E-state index >= 15 is 0 Å². The van der Waals surface area contributed by atoms with E-state index in [0.29, 0.717) is 36.4 Å². The van der Waals surface area contributed by atoms with Crippen molar-refractivity contribution in [2.45, 2.75) is 6.42 Å². The summed E-state index contributed by atoms with van der Waals surface area (Å²) in [7, 11) is 1.63. The zero-order valence-corrected chi connectivity index (χ0v) is 16.0. The molecule has 1 aliphatic heterocycles. The molecule has 1 aliphatic rings. The molecule has 2 aromatic carbocycles. The van der Waals surface area contributed by atoms with Crippen LogP contribution in [0, 0.1) is 0 Å². The van der Waals surface area contributed by atoms with Crippen LogP contribution in [-0.2, 0) is 16.0 Å². The fraction of sp³-hybridized carbons (Fsp3) is 0.190. The summed E-state index contributed by atoms with van der Waals surface area (Å²) in [4.78, 5) is 23.0. The number of carbonyl (C=O) groups is 1. The van der Waals surface area contributed by atoms with Gasteiger partial charge in [0.2, 0.25) is 11.9 Å². The number of methoxy groups -OCH3 is 1. The second-order valence-corrected chi connectivity index (χ2v) is 6.53. The van der Waals surface area contributed by atoms with Crippen molar-refractivity contribution >= 4 is 34.7 Å². The molecule has 0 spiro atoms. The normalized spacial score (nSPS) is 12.7. The van der Waals surface area contributed by atoms with Gasteiger partial charge in [-0.05, 0) is 42.5 Å². The molecule has 0 radical (unpaired) electrons. The standard InChI is InChI=1S/C21H21N5O3/c1-28-9-10-29-18-7-5-16(6-8-18)24-21-23-13-14-11-19(27)26(20(14)25-21)17-4-2-3-15(22)12-17/h2-8,12-13H,9-11,22H2,1H3,(H,23,24,25). The molecular weight excluding hydrogens is 370 g/mol. The monoisotopic (exact) mass is 391 g/mol. The molecule has 29 heavy (non-hydrogen) atoms. The minimum atomic E-state index is -0.0605. The average Bonchev–Trinajstić information content (AvgIpc) is 3.04. The first-order valence-electron chi connectivity index (χ1n) is 9.17. The minimum Gasteiger partial charge on any atom is -0.491 e. The summed E-state index contributed by atoms with van der Waals surface area (Å²) in [5.74, 6) is 1.66. The molecule has 0 fully saturated rings. The molecule has 3 aromatic rings. The van der Waals surface area contributed by atoms with Crippen LogP contribution in [0.25, 0.3) is 0 Å². The third-order valence-corrected chi connectivity index (χ3v) is 4.44. The van der Waals surface area contributed by atoms with Crippen LogP contribution >= 0.6 is 0 Å². The van der Waals surface area contributed by atoms with E-state index in [1.54, 1.807) is 30.3 Å². The summed E-state index contributed by atoms with van der Waals surface area (Å²) in [6.45, 7) is 1.02. The van der Waals surface area contributed by atoms with Gasteiger partial charge in [0.15, 0.2) is 0 Å². The minimum absolute atomic E-state index is 0.0605. The third-order valence-electron chi connectivity index (χ3n) is 4.44. The highest BCUT2D eigenvalue weighted by Crippen LogP contribution is 2.35. The van der Waals surface area contributed by atoms with Gasteiger partial charge in [-0.3, -0.25) is 9.69 Å². The SMILES string of the molecule is COCCOc1ccc(Nc2ncc3c(n2)N(c2cccc(N)c2)C(=O)C3)cc1. The van der Waals surface area contributed by atoms with Crippen LogP contribution < -0.4 is 20.7 Å². The lowest BCUT2D eigenvalue weighted by Gasteiger charge is -2.17. The number of aromatic nitrogens is 2. The number of nitrogen functional groups attached to an aromatic ring is 1. The van der Waals surface area contributed by atoms with E-state index in [-0.39, 0.29) is 12.3 Å². The molecule has 3 N–H and O–H groups in total. The Balaban J connectivity index is 1.53. The Bertz CT molecular complexity index is 1020. The molecule has 0 atom stereocenters. The van der Waals surface area contributed by atoms with Crippen molar-refractivity contribution in [3.8, 4) is 5.75 Å². The van der Waals surface area contributed by atoms with Crippen LogP contribution in [0.3, 0.4) is 0 Å². The molecule has 1 aromatic heterocycles. The Kier molecular flexibility index (Phi) is 5.26. The number of fused-ring (bicyclic) bond motifs is 1. The van der Waals surface area contributed by atoms with Crippen LogP contribution in [0.5, 0.6) is 5.75 Å². The smallest absolute Gasteiger partial charge is 0.237 e. The fourth-order valence-electron chi connectivity index (χ4n) is 3.07. The van der Waals surface area contributed by atoms with Crippen LogP contribution in [0.4, 0.5) is 28.8 Å². The lowest BCUT2D eigenvalue weighted by Crippen LogP contribution is -2.21. The molecule has 0 aliphatic carbocycles. The predicted octanol–water partition coefficient (Wildman–Crippen LogP) is 3.05. The zero-order valence-electron chi connectivity index (χ0n) is 16.0. The van der Waals surface area contributed by atoms with E-state index in [9.17, 15) is 4.79 Å². The molecule has 8 heteroatoms. The molecule has 0 unspecified atom stereocenters. The molecule has 8 nitrogen and oxygen atoms in total. The maximum atomic E-state index is 12.5. The number of benzene rings is 2. The van der Waals surface area contributed by atoms with Gasteiger partial charge < -0.3 is 20.5 Å². The Morgan fingerprint density at radius 1 is 1.17 bits per heavy atom. The highest BCUT2D eigenvalue weighted by molar-refractivity contribution is 6.06. The number of amides is 1. The summed E-state index contributed by atoms with van der Waals surface area (Å²) in [5, 5.41) is 3.16. The molecule has 0 saturated carbocycles. The summed E-state index contributed by atoms with van der Waals surface area (Å²) in [6, 6.07) is 14.6. The summed E-state index contributed by atoms with van der Waals surface area (Å²) >= 11 is 0. The van der Waals surface area contributed by atoms with Crippen molar-refractivity contribution in [3.63, 3.8) is 0 Å². The van der Waals surface area contributed by atoms with E-state index in [1.165, 1.54) is 0 Å². The Hall–Kier alpha value is -3.65. The number of hydrogen-bond donors (Lipinski definition) is 2. The summed E-state index contributed by atoms with van der Waals surface area (Å²) in [5.41, 5.74) is 8.74. The topological polar surface area (TPSA) is 103 Å². The first kappa shape index (κ1) is 18.7. The Morgan fingerprint density at radius 2 is 2.00 bits per heavy atom. The second-order valence-electron chi connectivity index (χ2n) is 6.53. The number of nitrogens with one attached hydrogen (secondary N) is 1. The number of rotatable bonds is 7. The largest absolute Gasteiger partial charge is 0.491 e. The molecular formula is C21H21N5O3. The predicted molar refractivity (Wildman–Crippen MR) is 111 cm³/mol. The van der Waals surface area contributed by atoms with E-state index in [4.69, 9.17) is 15.2 Å². The number of ether oxygens (including phenoxy) is 2. The van der Waals surface area contributed by atoms with Crippen LogP contribution in [0.2, 0.25) is 0 Å². The maximum absolute atomic E-state index is 12.5. The zero-order chi connectivity index (χ0) is 20.2. The molecule has 0 saturated heterocycles. The van der Waals surface area contributed by atoms with E-state index in [0.717, 1.165) is 17.0 Å². The van der Waals surface area contributed by atoms with E-state index < -0.39 is 0 Å². The summed E-state index contributed by atoms with van der Waals surface area (Å²) < 4.78 is 10.5. The van der Waals surface area contributed by atoms with Crippen molar-refractivity contribution in [1.29, 1.82) is 0 Å². The average molecular weight is 391 g/mol. The van der Waals surface area contributed by atoms with Gasteiger partial charge in [0.25, 0.3) is 0 Å². The van der Waals surface area contributed by atoms with Crippen molar-refractivity contribution < 1.29 is 14.3 Å². The van der Waals surface area contributed by atoms with Crippen molar-refractivity contribution in [2.24, 2.45) is 0 Å². The number of carbonyl (C=O) groups excluding carboxylic acids is 1. The van der Waals surface area contributed by atoms with Crippen molar-refractivity contribution in [1.82, 2.24) is 9.97 Å². The number of nitrogens with two attached hydrogens (primary N) is 1. The Labute approximate surface area is 168 Å². The number of anilines is 5. The van der Waals surface area contributed by atoms with Crippen LogP contribution in [-0.4, -0.2) is 36.2 Å². The molecule has 0 bridgehead atoms. The van der Waals surface area contributed by atoms with E-state index in [1.807, 2.05) is 36.4 Å². The highest BCUT2D eigenvalue weighted by atomic mass is 16.5. The van der Waals surface area contributed by atoms with Gasteiger partial charge in [-0.2, -0.15) is 4.98 Å². The molecule has 1 amide bonds. The van der Waals surface area contributed by atoms with Gasteiger partial charge >= 0.3 is 0 Å². The van der Waals surface area contributed by atoms with Gasteiger partial charge in [-0.15, -0.1) is 0 Å². The maximum Gasteiger partial charge on any atom is 0.237 e. The van der Waals surface area contributed by atoms with Gasteiger partial charge in [-0.1, -0.05) is 6.07 Å². The van der Waals surface area contributed by atoms with Gasteiger partial charge in [0.05, 0.1) is 18.7 Å².